The second-order valence-electron chi connectivity index (χ2n) is 9.01. The van der Waals surface area contributed by atoms with E-state index in [4.69, 9.17) is 16.3 Å². The van der Waals surface area contributed by atoms with Gasteiger partial charge in [-0.3, -0.25) is 9.80 Å². The molecule has 1 N–H and O–H groups in total. The van der Waals surface area contributed by atoms with Crippen molar-refractivity contribution in [3.05, 3.63) is 76.7 Å². The van der Waals surface area contributed by atoms with Crippen LogP contribution in [0.15, 0.2) is 54.9 Å². The molecule has 1 atom stereocenters. The predicted molar refractivity (Wildman–Crippen MR) is 130 cm³/mol. The van der Waals surface area contributed by atoms with Gasteiger partial charge in [-0.15, -0.1) is 0 Å². The summed E-state index contributed by atoms with van der Waals surface area (Å²) in [5.41, 5.74) is 3.70. The highest BCUT2D eigenvalue weighted by Gasteiger charge is 2.23. The normalized spacial score (nSPS) is 19.6. The van der Waals surface area contributed by atoms with Crippen molar-refractivity contribution in [2.75, 3.05) is 26.3 Å². The van der Waals surface area contributed by atoms with Gasteiger partial charge < -0.3 is 14.4 Å². The largest absolute Gasteiger partial charge is 0.492 e. The van der Waals surface area contributed by atoms with Crippen LogP contribution >= 0.6 is 11.6 Å². The summed E-state index contributed by atoms with van der Waals surface area (Å²) in [7, 11) is 0. The number of aliphatic hydroxyl groups excluding tert-OH is 1. The first-order valence-electron chi connectivity index (χ1n) is 11.8. The molecule has 5 rings (SSSR count). The Hall–Kier alpha value is -2.38. The smallest absolute Gasteiger partial charge is 0.136 e. The van der Waals surface area contributed by atoms with Gasteiger partial charge in [0, 0.05) is 55.9 Å². The third-order valence-electron chi connectivity index (χ3n) is 6.71. The summed E-state index contributed by atoms with van der Waals surface area (Å²) in [6.45, 7) is 5.36. The molecular formula is C26H31ClN4O2. The lowest BCUT2D eigenvalue weighted by molar-refractivity contribution is 0.0841. The molecule has 0 amide bonds. The van der Waals surface area contributed by atoms with Crippen LogP contribution in [0.25, 0.3) is 5.82 Å². The molecule has 0 unspecified atom stereocenters. The summed E-state index contributed by atoms with van der Waals surface area (Å²) in [5.74, 6) is 1.85. The molecule has 0 aliphatic carbocycles. The number of aliphatic hydroxyl groups is 1. The van der Waals surface area contributed by atoms with Gasteiger partial charge in [-0.1, -0.05) is 24.1 Å². The Balaban J connectivity index is 1.31. The lowest BCUT2D eigenvalue weighted by atomic mass is 10.0. The lowest BCUT2D eigenvalue weighted by Gasteiger charge is -2.34. The van der Waals surface area contributed by atoms with Crippen molar-refractivity contribution in [1.82, 2.24) is 19.4 Å². The average molecular weight is 467 g/mol. The zero-order valence-corrected chi connectivity index (χ0v) is 19.6. The molecule has 0 saturated carbocycles. The zero-order chi connectivity index (χ0) is 22.6. The molecule has 2 aromatic heterocycles. The van der Waals surface area contributed by atoms with Crippen LogP contribution in [0.3, 0.4) is 0 Å². The van der Waals surface area contributed by atoms with Gasteiger partial charge in [-0.2, -0.15) is 0 Å². The van der Waals surface area contributed by atoms with E-state index in [1.54, 1.807) is 6.20 Å². The fourth-order valence-electron chi connectivity index (χ4n) is 4.95. The van der Waals surface area contributed by atoms with Crippen LogP contribution in [0.1, 0.15) is 36.1 Å². The quantitative estimate of drug-likeness (QED) is 0.588. The second-order valence-corrected chi connectivity index (χ2v) is 9.44. The van der Waals surface area contributed by atoms with Crippen LogP contribution in [0, 0.1) is 0 Å². The Morgan fingerprint density at radius 2 is 2.03 bits per heavy atom. The third-order valence-corrected chi connectivity index (χ3v) is 6.93. The van der Waals surface area contributed by atoms with Gasteiger partial charge in [0.15, 0.2) is 0 Å². The number of rotatable bonds is 6. The molecule has 174 valence electrons. The Morgan fingerprint density at radius 1 is 1.09 bits per heavy atom. The van der Waals surface area contributed by atoms with Crippen molar-refractivity contribution >= 4 is 11.6 Å². The van der Waals surface area contributed by atoms with Crippen LogP contribution in [0.4, 0.5) is 0 Å². The van der Waals surface area contributed by atoms with Gasteiger partial charge in [0.25, 0.3) is 0 Å². The molecule has 1 aromatic carbocycles. The lowest BCUT2D eigenvalue weighted by Crippen LogP contribution is -2.41. The van der Waals surface area contributed by atoms with E-state index in [1.807, 2.05) is 18.3 Å². The number of benzene rings is 1. The number of halogens is 1. The summed E-state index contributed by atoms with van der Waals surface area (Å²) in [6, 6.07) is 14.9. The van der Waals surface area contributed by atoms with Crippen molar-refractivity contribution in [2.24, 2.45) is 0 Å². The van der Waals surface area contributed by atoms with E-state index >= 15 is 0 Å². The van der Waals surface area contributed by atoms with Gasteiger partial charge in [-0.25, -0.2) is 4.98 Å². The summed E-state index contributed by atoms with van der Waals surface area (Å²) in [4.78, 5) is 9.32. The molecule has 1 saturated heterocycles. The summed E-state index contributed by atoms with van der Waals surface area (Å²) < 4.78 is 8.20. The Morgan fingerprint density at radius 3 is 2.88 bits per heavy atom. The Bertz CT molecular complexity index is 1070. The number of aromatic nitrogens is 2. The first kappa shape index (κ1) is 22.4. The molecule has 1 fully saturated rings. The van der Waals surface area contributed by atoms with E-state index in [1.165, 1.54) is 29.7 Å². The first-order chi connectivity index (χ1) is 16.2. The van der Waals surface area contributed by atoms with E-state index < -0.39 is 0 Å². The van der Waals surface area contributed by atoms with Crippen molar-refractivity contribution in [3.8, 4) is 11.6 Å². The molecular weight excluding hydrogens is 436 g/mol. The van der Waals surface area contributed by atoms with Gasteiger partial charge in [-0.05, 0) is 61.3 Å². The highest BCUT2D eigenvalue weighted by atomic mass is 35.5. The van der Waals surface area contributed by atoms with Crippen molar-refractivity contribution in [1.29, 1.82) is 0 Å². The maximum absolute atomic E-state index is 9.76. The van der Waals surface area contributed by atoms with Gasteiger partial charge in [0.2, 0.25) is 0 Å². The molecule has 2 aliphatic heterocycles. The zero-order valence-electron chi connectivity index (χ0n) is 18.9. The number of pyridine rings is 1. The molecule has 4 heterocycles. The fraction of sp³-hybridized carbons (Fsp3) is 0.423. The van der Waals surface area contributed by atoms with Crippen molar-refractivity contribution in [2.45, 2.75) is 44.9 Å². The number of likely N-dealkylation sites (tertiary alicyclic amines) is 1. The van der Waals surface area contributed by atoms with Crippen LogP contribution in [-0.4, -0.2) is 56.8 Å². The molecule has 0 radical (unpaired) electrons. The second kappa shape index (κ2) is 10.3. The average Bonchev–Trinajstić information content (AvgIpc) is 3.19. The first-order valence-corrected chi connectivity index (χ1v) is 12.2. The summed E-state index contributed by atoms with van der Waals surface area (Å²) in [6.07, 6.45) is 7.23. The Kier molecular flexibility index (Phi) is 6.97. The molecule has 33 heavy (non-hydrogen) atoms. The summed E-state index contributed by atoms with van der Waals surface area (Å²) in [5, 5.41) is 10.4. The number of hydrogen-bond acceptors (Lipinski definition) is 5. The highest BCUT2D eigenvalue weighted by molar-refractivity contribution is 6.30. The highest BCUT2D eigenvalue weighted by Crippen LogP contribution is 2.27. The minimum Gasteiger partial charge on any atom is -0.492 e. The molecule has 0 spiro atoms. The molecule has 0 bridgehead atoms. The SMILES string of the molecule is OC[C@@H]1CCCCN1Cc1ccc2c(c1)CN(Cc1cccn1-c1ccc(Cl)cn1)CCO2. The monoisotopic (exact) mass is 466 g/mol. The van der Waals surface area contributed by atoms with E-state index in [0.717, 1.165) is 50.7 Å². The van der Waals surface area contributed by atoms with Crippen LogP contribution < -0.4 is 4.74 Å². The van der Waals surface area contributed by atoms with E-state index in [0.29, 0.717) is 11.6 Å². The standard InChI is InChI=1S/C26H31ClN4O2/c27-22-7-9-26(28-15-22)31-11-3-5-23(31)18-29-12-13-33-25-8-6-20(14-21(25)17-29)16-30-10-2-1-4-24(30)19-32/h3,5-9,11,14-15,24,32H,1-2,4,10,12-13,16-19H2/t24-/m0/s1. The van der Waals surface area contributed by atoms with Crippen molar-refractivity contribution in [3.63, 3.8) is 0 Å². The minimum absolute atomic E-state index is 0.240. The number of piperidine rings is 1. The summed E-state index contributed by atoms with van der Waals surface area (Å²) >= 11 is 6.02. The minimum atomic E-state index is 0.240. The predicted octanol–water partition coefficient (Wildman–Crippen LogP) is 4.27. The van der Waals surface area contributed by atoms with E-state index in [2.05, 4.69) is 49.7 Å². The topological polar surface area (TPSA) is 53.8 Å². The molecule has 6 nitrogen and oxygen atoms in total. The van der Waals surface area contributed by atoms with Crippen molar-refractivity contribution < 1.29 is 9.84 Å². The van der Waals surface area contributed by atoms with E-state index in [9.17, 15) is 5.11 Å². The van der Waals surface area contributed by atoms with E-state index in [-0.39, 0.29) is 12.6 Å². The number of ether oxygens (including phenoxy) is 1. The molecule has 7 heteroatoms. The van der Waals surface area contributed by atoms with Gasteiger partial charge in [0.05, 0.1) is 11.6 Å². The van der Waals surface area contributed by atoms with Gasteiger partial charge >= 0.3 is 0 Å². The Labute approximate surface area is 200 Å². The maximum atomic E-state index is 9.76. The maximum Gasteiger partial charge on any atom is 0.136 e. The number of fused-ring (bicyclic) bond motifs is 1. The van der Waals surface area contributed by atoms with Gasteiger partial charge in [0.1, 0.15) is 18.2 Å². The third kappa shape index (κ3) is 5.25. The number of nitrogens with zero attached hydrogens (tertiary/aromatic N) is 4. The molecule has 2 aliphatic rings. The van der Waals surface area contributed by atoms with Crippen LogP contribution in [-0.2, 0) is 19.6 Å². The fourth-order valence-corrected chi connectivity index (χ4v) is 5.06. The molecule has 3 aromatic rings. The van der Waals surface area contributed by atoms with Crippen LogP contribution in [0.2, 0.25) is 5.02 Å². The van der Waals surface area contributed by atoms with Crippen LogP contribution in [0.5, 0.6) is 5.75 Å². The number of hydrogen-bond donors (Lipinski definition) is 1.